The summed E-state index contributed by atoms with van der Waals surface area (Å²) in [4.78, 5) is 0. The first-order valence-electron chi connectivity index (χ1n) is 4.48. The van der Waals surface area contributed by atoms with Crippen LogP contribution in [-0.2, 0) is 0 Å². The fourth-order valence-electron chi connectivity index (χ4n) is 1.28. The molecule has 0 aliphatic rings. The third kappa shape index (κ3) is 2.83. The fraction of sp³-hybridized carbons (Fsp3) is 0.333. The van der Waals surface area contributed by atoms with Crippen molar-refractivity contribution < 1.29 is 0 Å². The minimum absolute atomic E-state index is 0.771. The van der Waals surface area contributed by atoms with Gasteiger partial charge in [0.2, 0.25) is 0 Å². The molecule has 0 aliphatic heterocycles. The maximum atomic E-state index is 5.16. The zero-order valence-corrected chi connectivity index (χ0v) is 8.22. The molecule has 1 N–H and O–H groups in total. The zero-order valence-electron chi connectivity index (χ0n) is 8.22. The highest BCUT2D eigenvalue weighted by Gasteiger charge is 1.95. The Labute approximate surface area is 80.2 Å². The molecule has 1 aromatic rings. The minimum atomic E-state index is 0.771. The van der Waals surface area contributed by atoms with Crippen LogP contribution in [0.25, 0.3) is 0 Å². The third-order valence-electron chi connectivity index (χ3n) is 1.97. The standard InChI is InChI=1S/C12H15N/c1-4-5-8-13-12-7-6-10(2)9-11(12)3/h1,6-7,9,13H,5,8H2,2-3H3. The molecule has 1 aromatic carbocycles. The first kappa shape index (κ1) is 9.67. The van der Waals surface area contributed by atoms with Gasteiger partial charge in [-0.3, -0.25) is 0 Å². The van der Waals surface area contributed by atoms with Crippen molar-refractivity contribution in [3.05, 3.63) is 29.3 Å². The number of nitrogens with one attached hydrogen (secondary N) is 1. The Bertz CT molecular complexity index is 320. The Hall–Kier alpha value is -1.42. The zero-order chi connectivity index (χ0) is 9.68. The van der Waals surface area contributed by atoms with Gasteiger partial charge in [0.05, 0.1) is 0 Å². The summed E-state index contributed by atoms with van der Waals surface area (Å²) in [7, 11) is 0. The number of terminal acetylenes is 1. The van der Waals surface area contributed by atoms with E-state index < -0.39 is 0 Å². The number of hydrogen-bond donors (Lipinski definition) is 1. The highest BCUT2D eigenvalue weighted by Crippen LogP contribution is 2.15. The number of benzene rings is 1. The second kappa shape index (κ2) is 4.57. The summed E-state index contributed by atoms with van der Waals surface area (Å²) in [6.45, 7) is 5.05. The molecule has 0 aromatic heterocycles. The SMILES string of the molecule is C#CCCNc1ccc(C)cc1C. The van der Waals surface area contributed by atoms with Crippen molar-refractivity contribution in [2.45, 2.75) is 20.3 Å². The number of anilines is 1. The molecule has 0 spiro atoms. The summed E-state index contributed by atoms with van der Waals surface area (Å²) >= 11 is 0. The summed E-state index contributed by atoms with van der Waals surface area (Å²) in [6.07, 6.45) is 5.94. The summed E-state index contributed by atoms with van der Waals surface area (Å²) in [5.41, 5.74) is 3.75. The molecule has 13 heavy (non-hydrogen) atoms. The molecule has 0 radical (unpaired) electrons. The largest absolute Gasteiger partial charge is 0.384 e. The average molecular weight is 173 g/mol. The smallest absolute Gasteiger partial charge is 0.0370 e. The summed E-state index contributed by atoms with van der Waals surface area (Å²) in [5, 5.41) is 3.30. The second-order valence-electron chi connectivity index (χ2n) is 3.20. The van der Waals surface area contributed by atoms with Crippen LogP contribution in [-0.4, -0.2) is 6.54 Å². The number of aryl methyl sites for hydroxylation is 2. The van der Waals surface area contributed by atoms with Gasteiger partial charge in [-0.05, 0) is 25.5 Å². The minimum Gasteiger partial charge on any atom is -0.384 e. The number of hydrogen-bond acceptors (Lipinski definition) is 1. The Balaban J connectivity index is 2.62. The molecular formula is C12H15N. The molecule has 1 nitrogen and oxygen atoms in total. The molecule has 0 fully saturated rings. The maximum Gasteiger partial charge on any atom is 0.0370 e. The summed E-state index contributed by atoms with van der Waals surface area (Å²) in [5.74, 6) is 2.61. The van der Waals surface area contributed by atoms with Crippen molar-refractivity contribution in [1.29, 1.82) is 0 Å². The van der Waals surface area contributed by atoms with Gasteiger partial charge >= 0.3 is 0 Å². The normalized spacial score (nSPS) is 9.31. The van der Waals surface area contributed by atoms with E-state index in [-0.39, 0.29) is 0 Å². The molecule has 1 rings (SSSR count). The average Bonchev–Trinajstić information content (AvgIpc) is 2.09. The van der Waals surface area contributed by atoms with Crippen molar-refractivity contribution in [1.82, 2.24) is 0 Å². The molecular weight excluding hydrogens is 158 g/mol. The summed E-state index contributed by atoms with van der Waals surface area (Å²) < 4.78 is 0. The van der Waals surface area contributed by atoms with Crippen LogP contribution < -0.4 is 5.32 Å². The lowest BCUT2D eigenvalue weighted by Crippen LogP contribution is -2.01. The van der Waals surface area contributed by atoms with E-state index in [1.165, 1.54) is 16.8 Å². The van der Waals surface area contributed by atoms with Gasteiger partial charge in [0.25, 0.3) is 0 Å². The van der Waals surface area contributed by atoms with Crippen molar-refractivity contribution >= 4 is 5.69 Å². The van der Waals surface area contributed by atoms with Crippen LogP contribution in [0.3, 0.4) is 0 Å². The van der Waals surface area contributed by atoms with Gasteiger partial charge in [-0.25, -0.2) is 0 Å². The van der Waals surface area contributed by atoms with Gasteiger partial charge in [0.1, 0.15) is 0 Å². The van der Waals surface area contributed by atoms with E-state index in [0.29, 0.717) is 0 Å². The van der Waals surface area contributed by atoms with E-state index in [1.807, 2.05) is 0 Å². The van der Waals surface area contributed by atoms with E-state index in [0.717, 1.165) is 13.0 Å². The Morgan fingerprint density at radius 1 is 1.38 bits per heavy atom. The molecule has 0 heterocycles. The van der Waals surface area contributed by atoms with Crippen molar-refractivity contribution in [3.8, 4) is 12.3 Å². The van der Waals surface area contributed by atoms with Gasteiger partial charge in [-0.1, -0.05) is 17.7 Å². The number of rotatable bonds is 3. The fourth-order valence-corrected chi connectivity index (χ4v) is 1.28. The quantitative estimate of drug-likeness (QED) is 0.547. The van der Waals surface area contributed by atoms with E-state index in [9.17, 15) is 0 Å². The Morgan fingerprint density at radius 2 is 2.15 bits per heavy atom. The second-order valence-corrected chi connectivity index (χ2v) is 3.20. The van der Waals surface area contributed by atoms with Crippen molar-refractivity contribution in [2.24, 2.45) is 0 Å². The lowest BCUT2D eigenvalue weighted by atomic mass is 10.1. The molecule has 0 bridgehead atoms. The van der Waals surface area contributed by atoms with Crippen molar-refractivity contribution in [3.63, 3.8) is 0 Å². The van der Waals surface area contributed by atoms with Gasteiger partial charge in [0.15, 0.2) is 0 Å². The van der Waals surface area contributed by atoms with Crippen molar-refractivity contribution in [2.75, 3.05) is 11.9 Å². The first-order valence-corrected chi connectivity index (χ1v) is 4.48. The highest BCUT2D eigenvalue weighted by atomic mass is 14.9. The van der Waals surface area contributed by atoms with E-state index in [4.69, 9.17) is 6.42 Å². The van der Waals surface area contributed by atoms with Crippen LogP contribution in [0.1, 0.15) is 17.5 Å². The molecule has 0 aliphatic carbocycles. The van der Waals surface area contributed by atoms with Crippen LogP contribution in [0.2, 0.25) is 0 Å². The molecule has 1 heteroatoms. The predicted molar refractivity (Wildman–Crippen MR) is 57.9 cm³/mol. The third-order valence-corrected chi connectivity index (χ3v) is 1.97. The lowest BCUT2D eigenvalue weighted by molar-refractivity contribution is 1.09. The topological polar surface area (TPSA) is 12.0 Å². The van der Waals surface area contributed by atoms with E-state index in [2.05, 4.69) is 43.3 Å². The monoisotopic (exact) mass is 173 g/mol. The first-order chi connectivity index (χ1) is 6.24. The predicted octanol–water partition coefficient (Wildman–Crippen LogP) is 2.74. The Kier molecular flexibility index (Phi) is 3.40. The molecule has 68 valence electrons. The highest BCUT2D eigenvalue weighted by molar-refractivity contribution is 5.51. The van der Waals surface area contributed by atoms with Crippen LogP contribution in [0.4, 0.5) is 5.69 Å². The van der Waals surface area contributed by atoms with Gasteiger partial charge in [-0.15, -0.1) is 12.3 Å². The van der Waals surface area contributed by atoms with Gasteiger partial charge < -0.3 is 5.32 Å². The van der Waals surface area contributed by atoms with Crippen LogP contribution >= 0.6 is 0 Å². The maximum absolute atomic E-state index is 5.16. The van der Waals surface area contributed by atoms with Gasteiger partial charge in [-0.2, -0.15) is 0 Å². The van der Waals surface area contributed by atoms with Crippen LogP contribution in [0.15, 0.2) is 18.2 Å². The van der Waals surface area contributed by atoms with Gasteiger partial charge in [0, 0.05) is 18.7 Å². The van der Waals surface area contributed by atoms with E-state index >= 15 is 0 Å². The van der Waals surface area contributed by atoms with E-state index in [1.54, 1.807) is 0 Å². The molecule has 0 saturated heterocycles. The molecule has 0 amide bonds. The molecule has 0 atom stereocenters. The van der Waals surface area contributed by atoms with Crippen LogP contribution in [0.5, 0.6) is 0 Å². The molecule has 0 saturated carbocycles. The molecule has 0 unspecified atom stereocenters. The summed E-state index contributed by atoms with van der Waals surface area (Å²) in [6, 6.07) is 6.37. The Morgan fingerprint density at radius 3 is 2.77 bits per heavy atom. The van der Waals surface area contributed by atoms with Crippen LogP contribution in [0, 0.1) is 26.2 Å². The lowest BCUT2D eigenvalue weighted by Gasteiger charge is -2.08.